The third kappa shape index (κ3) is 5.16. The number of nitrogens with zero attached hydrogens (tertiary/aromatic N) is 1. The van der Waals surface area contributed by atoms with Gasteiger partial charge < -0.3 is 11.1 Å². The summed E-state index contributed by atoms with van der Waals surface area (Å²) in [7, 11) is 0. The van der Waals surface area contributed by atoms with Crippen molar-refractivity contribution in [3.05, 3.63) is 20.8 Å². The van der Waals surface area contributed by atoms with E-state index in [1.807, 2.05) is 13.8 Å². The van der Waals surface area contributed by atoms with Crippen LogP contribution in [-0.2, 0) is 6.54 Å². The Kier molecular flexibility index (Phi) is 5.45. The van der Waals surface area contributed by atoms with E-state index in [0.717, 1.165) is 0 Å². The number of hydrogen-bond donors (Lipinski definition) is 3. The Hall–Kier alpha value is -1.93. The highest BCUT2D eigenvalue weighted by atomic mass is 19.4. The van der Waals surface area contributed by atoms with Crippen molar-refractivity contribution in [3.8, 4) is 0 Å². The summed E-state index contributed by atoms with van der Waals surface area (Å²) >= 11 is 0. The molecular formula is C12H19F3N4O2. The molecule has 0 saturated carbocycles. The molecule has 0 spiro atoms. The van der Waals surface area contributed by atoms with E-state index in [4.69, 9.17) is 5.73 Å². The van der Waals surface area contributed by atoms with Gasteiger partial charge in [0.25, 0.3) is 5.56 Å². The van der Waals surface area contributed by atoms with Crippen molar-refractivity contribution < 1.29 is 13.2 Å². The van der Waals surface area contributed by atoms with Gasteiger partial charge in [0.05, 0.1) is 0 Å². The first-order chi connectivity index (χ1) is 9.61. The van der Waals surface area contributed by atoms with Gasteiger partial charge in [-0.1, -0.05) is 13.8 Å². The van der Waals surface area contributed by atoms with Crippen molar-refractivity contribution in [3.63, 3.8) is 0 Å². The minimum atomic E-state index is -4.24. The van der Waals surface area contributed by atoms with Crippen molar-refractivity contribution in [1.29, 1.82) is 0 Å². The monoisotopic (exact) mass is 308 g/mol. The van der Waals surface area contributed by atoms with E-state index < -0.39 is 23.8 Å². The maximum atomic E-state index is 12.0. The maximum Gasteiger partial charge on any atom is 0.389 e. The Bertz CT molecular complexity index is 590. The van der Waals surface area contributed by atoms with E-state index in [0.29, 0.717) is 6.54 Å². The summed E-state index contributed by atoms with van der Waals surface area (Å²) in [6.45, 7) is 3.98. The van der Waals surface area contributed by atoms with Crippen LogP contribution in [0.3, 0.4) is 0 Å². The van der Waals surface area contributed by atoms with E-state index >= 15 is 0 Å². The number of hydrogen-bond acceptors (Lipinski definition) is 4. The van der Waals surface area contributed by atoms with Crippen LogP contribution < -0.4 is 22.3 Å². The lowest BCUT2D eigenvalue weighted by Crippen LogP contribution is -2.35. The highest BCUT2D eigenvalue weighted by Gasteiger charge is 2.26. The number of H-pyrrole nitrogens is 1. The highest BCUT2D eigenvalue weighted by Crippen LogP contribution is 2.21. The van der Waals surface area contributed by atoms with Gasteiger partial charge >= 0.3 is 11.9 Å². The molecule has 0 aromatic carbocycles. The molecule has 9 heteroatoms. The van der Waals surface area contributed by atoms with Crippen LogP contribution in [0.5, 0.6) is 0 Å². The van der Waals surface area contributed by atoms with E-state index in [9.17, 15) is 22.8 Å². The fraction of sp³-hybridized carbons (Fsp3) is 0.667. The number of rotatable bonds is 6. The van der Waals surface area contributed by atoms with Crippen LogP contribution in [-0.4, -0.2) is 22.3 Å². The van der Waals surface area contributed by atoms with Crippen molar-refractivity contribution in [1.82, 2.24) is 9.55 Å². The van der Waals surface area contributed by atoms with Gasteiger partial charge in [-0.15, -0.1) is 0 Å². The van der Waals surface area contributed by atoms with Gasteiger partial charge in [0, 0.05) is 19.5 Å². The van der Waals surface area contributed by atoms with Crippen LogP contribution in [0.1, 0.15) is 26.7 Å². The average molecular weight is 308 g/mol. The lowest BCUT2D eigenvalue weighted by atomic mass is 10.2. The number of alkyl halides is 3. The minimum absolute atomic E-state index is 0.0628. The number of nitrogen functional groups attached to an aromatic ring is 1. The maximum absolute atomic E-state index is 12.0. The molecule has 0 saturated heterocycles. The number of anilines is 2. The molecule has 1 aromatic rings. The van der Waals surface area contributed by atoms with Crippen LogP contribution in [0.15, 0.2) is 9.59 Å². The fourth-order valence-corrected chi connectivity index (χ4v) is 1.81. The van der Waals surface area contributed by atoms with Crippen molar-refractivity contribution in [2.75, 3.05) is 17.6 Å². The summed E-state index contributed by atoms with van der Waals surface area (Å²) in [5.41, 5.74) is 4.32. The predicted molar refractivity (Wildman–Crippen MR) is 74.4 cm³/mol. The summed E-state index contributed by atoms with van der Waals surface area (Å²) in [4.78, 5) is 25.4. The zero-order chi connectivity index (χ0) is 16.2. The molecule has 0 bridgehead atoms. The molecule has 0 fully saturated rings. The zero-order valence-electron chi connectivity index (χ0n) is 11.9. The zero-order valence-corrected chi connectivity index (χ0v) is 11.9. The number of halogens is 3. The van der Waals surface area contributed by atoms with Gasteiger partial charge in [0.2, 0.25) is 0 Å². The Labute approximate surface area is 119 Å². The minimum Gasteiger partial charge on any atom is -0.383 e. The molecular weight excluding hydrogens is 289 g/mol. The number of nitrogens with one attached hydrogen (secondary N) is 2. The second-order valence-corrected chi connectivity index (χ2v) is 5.17. The van der Waals surface area contributed by atoms with Crippen molar-refractivity contribution >= 4 is 11.5 Å². The highest BCUT2D eigenvalue weighted by molar-refractivity contribution is 5.60. The first kappa shape index (κ1) is 17.1. The third-order valence-electron chi connectivity index (χ3n) is 2.73. The molecule has 6 nitrogen and oxygen atoms in total. The van der Waals surface area contributed by atoms with Crippen LogP contribution in [0.4, 0.5) is 24.7 Å². The molecule has 4 N–H and O–H groups in total. The van der Waals surface area contributed by atoms with Crippen LogP contribution in [0, 0.1) is 5.92 Å². The summed E-state index contributed by atoms with van der Waals surface area (Å²) in [6, 6.07) is 0. The van der Waals surface area contributed by atoms with Crippen molar-refractivity contribution in [2.24, 2.45) is 5.92 Å². The second kappa shape index (κ2) is 6.68. The van der Waals surface area contributed by atoms with E-state index in [1.54, 1.807) is 0 Å². The quantitative estimate of drug-likeness (QED) is 0.695. The van der Waals surface area contributed by atoms with Gasteiger partial charge in [-0.05, 0) is 12.3 Å². The molecule has 0 unspecified atom stereocenters. The fourth-order valence-electron chi connectivity index (χ4n) is 1.81. The molecule has 0 atom stereocenters. The van der Waals surface area contributed by atoms with Crippen molar-refractivity contribution in [2.45, 2.75) is 39.4 Å². The van der Waals surface area contributed by atoms with E-state index in [2.05, 4.69) is 10.3 Å². The topological polar surface area (TPSA) is 92.9 Å². The van der Waals surface area contributed by atoms with E-state index in [-0.39, 0.29) is 30.4 Å². The van der Waals surface area contributed by atoms with Gasteiger partial charge in [-0.2, -0.15) is 13.2 Å². The van der Waals surface area contributed by atoms with Crippen LogP contribution >= 0.6 is 0 Å². The Morgan fingerprint density at radius 3 is 2.48 bits per heavy atom. The molecule has 1 aromatic heterocycles. The van der Waals surface area contributed by atoms with Gasteiger partial charge in [-0.3, -0.25) is 14.3 Å². The molecule has 0 aliphatic rings. The first-order valence-electron chi connectivity index (χ1n) is 6.55. The Morgan fingerprint density at radius 2 is 1.95 bits per heavy atom. The van der Waals surface area contributed by atoms with Gasteiger partial charge in [0.15, 0.2) is 0 Å². The third-order valence-corrected chi connectivity index (χ3v) is 2.73. The van der Waals surface area contributed by atoms with Crippen LogP contribution in [0.25, 0.3) is 0 Å². The van der Waals surface area contributed by atoms with Gasteiger partial charge in [0.1, 0.15) is 11.5 Å². The SMILES string of the molecule is CC(C)Cn1c(N)c(NCCCC(F)(F)F)c(=O)[nH]c1=O. The molecule has 0 radical (unpaired) electrons. The summed E-state index contributed by atoms with van der Waals surface area (Å²) in [5, 5.41) is 2.57. The van der Waals surface area contributed by atoms with Crippen LogP contribution in [0.2, 0.25) is 0 Å². The molecule has 21 heavy (non-hydrogen) atoms. The lowest BCUT2D eigenvalue weighted by Gasteiger charge is -2.15. The molecule has 0 aliphatic heterocycles. The predicted octanol–water partition coefficient (Wildman–Crippen LogP) is 1.53. The standard InChI is InChI=1S/C12H19F3N4O2/c1-7(2)6-19-9(16)8(10(20)18-11(19)21)17-5-3-4-12(13,14)15/h7,17H,3-6,16H2,1-2H3,(H,18,20,21). The molecule has 0 aliphatic carbocycles. The lowest BCUT2D eigenvalue weighted by molar-refractivity contribution is -0.134. The number of nitrogens with two attached hydrogens (primary N) is 1. The first-order valence-corrected chi connectivity index (χ1v) is 6.55. The Morgan fingerprint density at radius 1 is 1.33 bits per heavy atom. The second-order valence-electron chi connectivity index (χ2n) is 5.17. The normalized spacial score (nSPS) is 11.9. The molecule has 1 rings (SSSR count). The van der Waals surface area contributed by atoms with Gasteiger partial charge in [-0.25, -0.2) is 4.79 Å². The molecule has 120 valence electrons. The molecule has 1 heterocycles. The Balaban J connectivity index is 2.87. The number of aromatic amines is 1. The number of aromatic nitrogens is 2. The average Bonchev–Trinajstić information content (AvgIpc) is 2.31. The molecule has 0 amide bonds. The summed E-state index contributed by atoms with van der Waals surface area (Å²) in [6.07, 6.45) is -5.38. The van der Waals surface area contributed by atoms with E-state index in [1.165, 1.54) is 4.57 Å². The summed E-state index contributed by atoms with van der Waals surface area (Å²) < 4.78 is 37.3. The smallest absolute Gasteiger partial charge is 0.383 e. The largest absolute Gasteiger partial charge is 0.389 e. The summed E-state index contributed by atoms with van der Waals surface area (Å²) in [5.74, 6) is 0.0541.